The molecule has 5 nitrogen and oxygen atoms in total. The molecule has 1 amide bonds. The van der Waals surface area contributed by atoms with Crippen molar-refractivity contribution in [3.63, 3.8) is 0 Å². The lowest BCUT2D eigenvalue weighted by Crippen LogP contribution is -2.41. The maximum absolute atomic E-state index is 14.6. The van der Waals surface area contributed by atoms with Crippen LogP contribution in [-0.4, -0.2) is 30.0 Å². The second-order valence-electron chi connectivity index (χ2n) is 8.74. The number of rotatable bonds is 3. The first kappa shape index (κ1) is 20.7. The molecule has 0 spiro atoms. The van der Waals surface area contributed by atoms with Crippen LogP contribution < -0.4 is 10.8 Å². The Kier molecular flexibility index (Phi) is 5.46. The Morgan fingerprint density at radius 1 is 1.19 bits per heavy atom. The number of carbonyl (C=O) groups is 1. The highest BCUT2D eigenvalue weighted by Gasteiger charge is 2.51. The van der Waals surface area contributed by atoms with Crippen molar-refractivity contribution in [1.82, 2.24) is 5.32 Å². The van der Waals surface area contributed by atoms with Gasteiger partial charge < -0.3 is 19.4 Å². The summed E-state index contributed by atoms with van der Waals surface area (Å²) in [5.41, 5.74) is -0.606. The summed E-state index contributed by atoms with van der Waals surface area (Å²) in [5, 5.41) is 2.65. The molecule has 1 aromatic rings. The smallest absolute Gasteiger partial charge is 0.444 e. The summed E-state index contributed by atoms with van der Waals surface area (Å²) in [7, 11) is -0.627. The number of hydrogen-bond donors (Lipinski definition) is 1. The van der Waals surface area contributed by atoms with Gasteiger partial charge in [-0.05, 0) is 66.9 Å². The summed E-state index contributed by atoms with van der Waals surface area (Å²) in [6, 6.07) is 4.26. The summed E-state index contributed by atoms with van der Waals surface area (Å²) in [6.07, 6.45) is -0.584. The monoisotopic (exact) mass is 365 g/mol. The standard InChI is InChI=1S/C19H29BFNO4/c1-12(22-16(23)24-17(2,3)4)14-10-9-13(11-15(14)21)20-25-18(5,6)19(7,8)26-20/h9-12H,1-8H3,(H,22,23)/t12-/m0/s1. The molecular formula is C19H29BFNO4. The van der Waals surface area contributed by atoms with Crippen LogP contribution in [0.2, 0.25) is 0 Å². The van der Waals surface area contributed by atoms with Crippen molar-refractivity contribution in [2.75, 3.05) is 0 Å². The minimum Gasteiger partial charge on any atom is -0.444 e. The molecule has 0 bridgehead atoms. The molecule has 0 radical (unpaired) electrons. The van der Waals surface area contributed by atoms with E-state index in [1.165, 1.54) is 6.07 Å². The maximum Gasteiger partial charge on any atom is 0.494 e. The number of alkyl carbamates (subject to hydrolysis) is 1. The molecule has 1 aliphatic rings. The highest BCUT2D eigenvalue weighted by atomic mass is 19.1. The van der Waals surface area contributed by atoms with Crippen molar-refractivity contribution in [3.05, 3.63) is 29.6 Å². The summed E-state index contributed by atoms with van der Waals surface area (Å²) in [6.45, 7) is 14.8. The fraction of sp³-hybridized carbons (Fsp3) is 0.632. The van der Waals surface area contributed by atoms with Gasteiger partial charge in [0.2, 0.25) is 0 Å². The molecule has 1 N–H and O–H groups in total. The third-order valence-corrected chi connectivity index (χ3v) is 4.75. The Morgan fingerprint density at radius 2 is 1.73 bits per heavy atom. The van der Waals surface area contributed by atoms with Crippen molar-refractivity contribution in [3.8, 4) is 0 Å². The largest absolute Gasteiger partial charge is 0.494 e. The van der Waals surface area contributed by atoms with E-state index in [-0.39, 0.29) is 0 Å². The van der Waals surface area contributed by atoms with E-state index in [0.29, 0.717) is 11.0 Å². The first-order valence-corrected chi connectivity index (χ1v) is 8.86. The molecule has 0 saturated carbocycles. The Hall–Kier alpha value is -1.60. The molecule has 0 unspecified atom stereocenters. The Balaban J connectivity index is 2.11. The van der Waals surface area contributed by atoms with Gasteiger partial charge in [-0.15, -0.1) is 0 Å². The number of ether oxygens (including phenoxy) is 1. The van der Waals surface area contributed by atoms with Gasteiger partial charge in [0.15, 0.2) is 0 Å². The van der Waals surface area contributed by atoms with Gasteiger partial charge in [0.1, 0.15) is 11.4 Å². The zero-order chi connectivity index (χ0) is 19.9. The van der Waals surface area contributed by atoms with Crippen LogP contribution >= 0.6 is 0 Å². The van der Waals surface area contributed by atoms with Crippen LogP contribution in [0.3, 0.4) is 0 Å². The van der Waals surface area contributed by atoms with E-state index in [0.717, 1.165) is 0 Å². The van der Waals surface area contributed by atoms with E-state index >= 15 is 0 Å². The van der Waals surface area contributed by atoms with Crippen LogP contribution in [0.1, 0.15) is 67.0 Å². The molecule has 1 aliphatic heterocycles. The molecule has 1 fully saturated rings. The molecule has 7 heteroatoms. The molecular weight excluding hydrogens is 336 g/mol. The molecule has 1 saturated heterocycles. The summed E-state index contributed by atoms with van der Waals surface area (Å²) < 4.78 is 31.7. The van der Waals surface area contributed by atoms with E-state index in [1.807, 2.05) is 27.7 Å². The van der Waals surface area contributed by atoms with Crippen LogP contribution in [0.25, 0.3) is 0 Å². The molecule has 2 rings (SSSR count). The quantitative estimate of drug-likeness (QED) is 0.830. The fourth-order valence-corrected chi connectivity index (χ4v) is 2.58. The number of hydrogen-bond acceptors (Lipinski definition) is 4. The van der Waals surface area contributed by atoms with Gasteiger partial charge in [-0.2, -0.15) is 0 Å². The van der Waals surface area contributed by atoms with Crippen molar-refractivity contribution >= 4 is 18.7 Å². The number of carbonyl (C=O) groups excluding carboxylic acids is 1. The van der Waals surface area contributed by atoms with Crippen LogP contribution in [0.15, 0.2) is 18.2 Å². The van der Waals surface area contributed by atoms with Gasteiger partial charge in [0.25, 0.3) is 0 Å². The first-order chi connectivity index (χ1) is 11.7. The molecule has 0 aromatic heterocycles. The zero-order valence-electron chi connectivity index (χ0n) is 16.9. The van der Waals surface area contributed by atoms with Crippen LogP contribution in [0.4, 0.5) is 9.18 Å². The van der Waals surface area contributed by atoms with Gasteiger partial charge in [-0.25, -0.2) is 9.18 Å². The number of halogens is 1. The van der Waals surface area contributed by atoms with Crippen LogP contribution in [0.5, 0.6) is 0 Å². The highest BCUT2D eigenvalue weighted by molar-refractivity contribution is 6.62. The maximum atomic E-state index is 14.6. The summed E-state index contributed by atoms with van der Waals surface area (Å²) >= 11 is 0. The number of benzene rings is 1. The average Bonchev–Trinajstić information content (AvgIpc) is 2.64. The molecule has 1 heterocycles. The van der Waals surface area contributed by atoms with E-state index in [4.69, 9.17) is 14.0 Å². The Labute approximate surface area is 155 Å². The van der Waals surface area contributed by atoms with Crippen molar-refractivity contribution in [1.29, 1.82) is 0 Å². The molecule has 1 atom stereocenters. The molecule has 0 aliphatic carbocycles. The van der Waals surface area contributed by atoms with Gasteiger partial charge >= 0.3 is 13.2 Å². The lowest BCUT2D eigenvalue weighted by atomic mass is 9.78. The van der Waals surface area contributed by atoms with E-state index < -0.39 is 41.9 Å². The molecule has 144 valence electrons. The fourth-order valence-electron chi connectivity index (χ4n) is 2.58. The van der Waals surface area contributed by atoms with Crippen molar-refractivity contribution < 1.29 is 23.2 Å². The predicted molar refractivity (Wildman–Crippen MR) is 99.9 cm³/mol. The number of nitrogens with one attached hydrogen (secondary N) is 1. The van der Waals surface area contributed by atoms with Gasteiger partial charge in [0.05, 0.1) is 17.2 Å². The normalized spacial score (nSPS) is 20.0. The number of amides is 1. The van der Waals surface area contributed by atoms with Crippen LogP contribution in [-0.2, 0) is 14.0 Å². The van der Waals surface area contributed by atoms with Crippen LogP contribution in [0, 0.1) is 5.82 Å². The van der Waals surface area contributed by atoms with Gasteiger partial charge in [-0.1, -0.05) is 12.1 Å². The highest BCUT2D eigenvalue weighted by Crippen LogP contribution is 2.36. The Bertz CT molecular complexity index is 669. The van der Waals surface area contributed by atoms with Crippen molar-refractivity contribution in [2.45, 2.75) is 78.2 Å². The second-order valence-corrected chi connectivity index (χ2v) is 8.74. The third kappa shape index (κ3) is 4.57. The molecule has 26 heavy (non-hydrogen) atoms. The lowest BCUT2D eigenvalue weighted by molar-refractivity contribution is 0.00578. The van der Waals surface area contributed by atoms with E-state index in [9.17, 15) is 9.18 Å². The van der Waals surface area contributed by atoms with Gasteiger partial charge in [-0.3, -0.25) is 0 Å². The minimum absolute atomic E-state index is 0.371. The van der Waals surface area contributed by atoms with E-state index in [1.54, 1.807) is 39.8 Å². The topological polar surface area (TPSA) is 56.8 Å². The lowest BCUT2D eigenvalue weighted by Gasteiger charge is -2.32. The molecule has 1 aromatic carbocycles. The zero-order valence-corrected chi connectivity index (χ0v) is 16.9. The SMILES string of the molecule is C[C@H](NC(=O)OC(C)(C)C)c1ccc(B2OC(C)(C)C(C)(C)O2)cc1F. The summed E-state index contributed by atoms with van der Waals surface area (Å²) in [5.74, 6) is -0.430. The third-order valence-electron chi connectivity index (χ3n) is 4.75. The minimum atomic E-state index is -0.627. The average molecular weight is 365 g/mol. The van der Waals surface area contributed by atoms with E-state index in [2.05, 4.69) is 5.32 Å². The van der Waals surface area contributed by atoms with Crippen molar-refractivity contribution in [2.24, 2.45) is 0 Å². The predicted octanol–water partition coefficient (Wildman–Crippen LogP) is 3.71. The van der Waals surface area contributed by atoms with Gasteiger partial charge in [0, 0.05) is 5.56 Å². The summed E-state index contributed by atoms with van der Waals surface area (Å²) in [4.78, 5) is 11.9. The second kappa shape index (κ2) is 6.85. The first-order valence-electron chi connectivity index (χ1n) is 8.86. The Morgan fingerprint density at radius 3 is 2.19 bits per heavy atom.